The summed E-state index contributed by atoms with van der Waals surface area (Å²) in [6.45, 7) is 6.24. The minimum absolute atomic E-state index is 0.453. The van der Waals surface area contributed by atoms with Gasteiger partial charge in [-0.2, -0.15) is 11.8 Å². The number of nitrogens with one attached hydrogen (secondary N) is 1. The zero-order valence-corrected chi connectivity index (χ0v) is 10.7. The highest BCUT2D eigenvalue weighted by Gasteiger charge is 2.01. The second-order valence-corrected chi connectivity index (χ2v) is 4.59. The standard InChI is InChI=1S/C10H24N2OS/c1-10(9-13-3)11-5-6-12(2)7-8-14-4/h10-11H,5-9H2,1-4H3. The van der Waals surface area contributed by atoms with E-state index < -0.39 is 0 Å². The molecule has 0 radical (unpaired) electrons. The van der Waals surface area contributed by atoms with Crippen LogP contribution in [0.3, 0.4) is 0 Å². The lowest BCUT2D eigenvalue weighted by molar-refractivity contribution is 0.170. The fourth-order valence-corrected chi connectivity index (χ4v) is 1.66. The van der Waals surface area contributed by atoms with E-state index in [4.69, 9.17) is 4.74 Å². The van der Waals surface area contributed by atoms with Crippen molar-refractivity contribution in [3.05, 3.63) is 0 Å². The van der Waals surface area contributed by atoms with Crippen LogP contribution >= 0.6 is 11.8 Å². The average Bonchev–Trinajstić information content (AvgIpc) is 2.15. The van der Waals surface area contributed by atoms with Crippen LogP contribution in [-0.2, 0) is 4.74 Å². The van der Waals surface area contributed by atoms with E-state index in [2.05, 4.69) is 30.4 Å². The Kier molecular flexibility index (Phi) is 9.93. The third kappa shape index (κ3) is 8.81. The van der Waals surface area contributed by atoms with Gasteiger partial charge >= 0.3 is 0 Å². The molecular weight excluding hydrogens is 196 g/mol. The van der Waals surface area contributed by atoms with E-state index in [9.17, 15) is 0 Å². The molecule has 0 aromatic rings. The van der Waals surface area contributed by atoms with Crippen LogP contribution in [0.5, 0.6) is 0 Å². The molecule has 0 spiro atoms. The molecule has 0 aliphatic carbocycles. The molecule has 86 valence electrons. The van der Waals surface area contributed by atoms with Gasteiger partial charge in [0.25, 0.3) is 0 Å². The Balaban J connectivity index is 3.25. The molecule has 14 heavy (non-hydrogen) atoms. The van der Waals surface area contributed by atoms with Crippen LogP contribution in [-0.4, -0.2) is 63.3 Å². The molecule has 0 fully saturated rings. The average molecular weight is 220 g/mol. The topological polar surface area (TPSA) is 24.5 Å². The zero-order valence-electron chi connectivity index (χ0n) is 9.88. The molecular formula is C10H24N2OS. The van der Waals surface area contributed by atoms with Gasteiger partial charge in [0.15, 0.2) is 0 Å². The molecule has 0 aromatic heterocycles. The van der Waals surface area contributed by atoms with Crippen molar-refractivity contribution in [2.45, 2.75) is 13.0 Å². The van der Waals surface area contributed by atoms with Crippen LogP contribution in [0.25, 0.3) is 0 Å². The Labute approximate surface area is 92.6 Å². The highest BCUT2D eigenvalue weighted by atomic mass is 32.2. The second kappa shape index (κ2) is 9.77. The van der Waals surface area contributed by atoms with E-state index in [0.29, 0.717) is 6.04 Å². The summed E-state index contributed by atoms with van der Waals surface area (Å²) in [5, 5.41) is 3.42. The predicted molar refractivity (Wildman–Crippen MR) is 65.2 cm³/mol. The lowest BCUT2D eigenvalue weighted by atomic mass is 10.3. The predicted octanol–water partition coefficient (Wildman–Crippen LogP) is 0.906. The van der Waals surface area contributed by atoms with Gasteiger partial charge in [-0.3, -0.25) is 0 Å². The summed E-state index contributed by atoms with van der Waals surface area (Å²) in [7, 11) is 3.90. The van der Waals surface area contributed by atoms with E-state index in [-0.39, 0.29) is 0 Å². The maximum absolute atomic E-state index is 5.05. The van der Waals surface area contributed by atoms with Crippen molar-refractivity contribution in [3.8, 4) is 0 Å². The first-order valence-electron chi connectivity index (χ1n) is 5.10. The Morgan fingerprint density at radius 1 is 1.43 bits per heavy atom. The number of likely N-dealkylation sites (N-methyl/N-ethyl adjacent to an activating group) is 1. The number of nitrogens with zero attached hydrogens (tertiary/aromatic N) is 1. The van der Waals surface area contributed by atoms with E-state index >= 15 is 0 Å². The molecule has 3 nitrogen and oxygen atoms in total. The maximum atomic E-state index is 5.05. The second-order valence-electron chi connectivity index (χ2n) is 3.61. The van der Waals surface area contributed by atoms with E-state index in [1.54, 1.807) is 7.11 Å². The number of rotatable bonds is 9. The monoisotopic (exact) mass is 220 g/mol. The van der Waals surface area contributed by atoms with Crippen molar-refractivity contribution in [2.24, 2.45) is 0 Å². The number of methoxy groups -OCH3 is 1. The molecule has 0 saturated carbocycles. The number of hydrogen-bond acceptors (Lipinski definition) is 4. The van der Waals surface area contributed by atoms with Crippen molar-refractivity contribution >= 4 is 11.8 Å². The minimum atomic E-state index is 0.453. The molecule has 0 amide bonds. The van der Waals surface area contributed by atoms with Crippen LogP contribution in [0.4, 0.5) is 0 Å². The molecule has 1 unspecified atom stereocenters. The number of ether oxygens (including phenoxy) is 1. The third-order valence-electron chi connectivity index (χ3n) is 2.08. The van der Waals surface area contributed by atoms with Crippen molar-refractivity contribution < 1.29 is 4.74 Å². The Hall–Kier alpha value is 0.230. The smallest absolute Gasteiger partial charge is 0.0613 e. The highest BCUT2D eigenvalue weighted by molar-refractivity contribution is 7.98. The molecule has 0 aromatic carbocycles. The summed E-state index contributed by atoms with van der Waals surface area (Å²) in [6, 6.07) is 0.453. The number of thioether (sulfide) groups is 1. The Bertz CT molecular complexity index is 125. The summed E-state index contributed by atoms with van der Waals surface area (Å²) in [5.74, 6) is 1.21. The maximum Gasteiger partial charge on any atom is 0.0613 e. The van der Waals surface area contributed by atoms with Gasteiger partial charge in [-0.15, -0.1) is 0 Å². The summed E-state index contributed by atoms with van der Waals surface area (Å²) < 4.78 is 5.05. The summed E-state index contributed by atoms with van der Waals surface area (Å²) in [6.07, 6.45) is 2.15. The first-order valence-corrected chi connectivity index (χ1v) is 6.50. The van der Waals surface area contributed by atoms with Crippen molar-refractivity contribution in [2.75, 3.05) is 52.4 Å². The lowest BCUT2D eigenvalue weighted by Gasteiger charge is -2.18. The molecule has 4 heteroatoms. The van der Waals surface area contributed by atoms with Crippen LogP contribution in [0.2, 0.25) is 0 Å². The van der Waals surface area contributed by atoms with Crippen molar-refractivity contribution in [1.29, 1.82) is 0 Å². The van der Waals surface area contributed by atoms with Crippen molar-refractivity contribution in [3.63, 3.8) is 0 Å². The lowest BCUT2D eigenvalue weighted by Crippen LogP contribution is -2.37. The Morgan fingerprint density at radius 2 is 2.14 bits per heavy atom. The van der Waals surface area contributed by atoms with Gasteiger partial charge in [0.1, 0.15) is 0 Å². The normalized spacial score (nSPS) is 13.5. The summed E-state index contributed by atoms with van der Waals surface area (Å²) in [5.41, 5.74) is 0. The van der Waals surface area contributed by atoms with Gasteiger partial charge in [-0.25, -0.2) is 0 Å². The molecule has 0 heterocycles. The Morgan fingerprint density at radius 3 is 2.71 bits per heavy atom. The van der Waals surface area contributed by atoms with Gasteiger partial charge in [0.2, 0.25) is 0 Å². The molecule has 1 N–H and O–H groups in total. The fraction of sp³-hybridized carbons (Fsp3) is 1.00. The highest BCUT2D eigenvalue weighted by Crippen LogP contribution is 1.92. The summed E-state index contributed by atoms with van der Waals surface area (Å²) >= 11 is 1.90. The van der Waals surface area contributed by atoms with Gasteiger partial charge in [0, 0.05) is 38.5 Å². The molecule has 1 atom stereocenters. The van der Waals surface area contributed by atoms with Crippen LogP contribution in [0.15, 0.2) is 0 Å². The van der Waals surface area contributed by atoms with E-state index in [0.717, 1.165) is 19.7 Å². The van der Waals surface area contributed by atoms with Crippen molar-refractivity contribution in [1.82, 2.24) is 10.2 Å². The quantitative estimate of drug-likeness (QED) is 0.624. The van der Waals surface area contributed by atoms with Crippen LogP contribution < -0.4 is 5.32 Å². The first-order chi connectivity index (χ1) is 6.70. The minimum Gasteiger partial charge on any atom is -0.383 e. The van der Waals surface area contributed by atoms with Crippen LogP contribution in [0.1, 0.15) is 6.92 Å². The molecule has 0 aliphatic heterocycles. The van der Waals surface area contributed by atoms with E-state index in [1.807, 2.05) is 11.8 Å². The molecule has 0 bridgehead atoms. The van der Waals surface area contributed by atoms with Gasteiger partial charge < -0.3 is 15.0 Å². The zero-order chi connectivity index (χ0) is 10.8. The SMILES string of the molecule is COCC(C)NCCN(C)CCSC. The van der Waals surface area contributed by atoms with Crippen LogP contribution in [0, 0.1) is 0 Å². The number of hydrogen-bond donors (Lipinski definition) is 1. The van der Waals surface area contributed by atoms with E-state index in [1.165, 1.54) is 12.3 Å². The van der Waals surface area contributed by atoms with Gasteiger partial charge in [0.05, 0.1) is 6.61 Å². The van der Waals surface area contributed by atoms with Gasteiger partial charge in [-0.1, -0.05) is 0 Å². The molecule has 0 aliphatic rings. The van der Waals surface area contributed by atoms with Gasteiger partial charge in [-0.05, 0) is 20.2 Å². The summed E-state index contributed by atoms with van der Waals surface area (Å²) in [4.78, 5) is 2.35. The fourth-order valence-electron chi connectivity index (χ4n) is 1.17. The molecule has 0 rings (SSSR count). The third-order valence-corrected chi connectivity index (χ3v) is 2.67. The first kappa shape index (κ1) is 14.2. The molecule has 0 saturated heterocycles. The largest absolute Gasteiger partial charge is 0.383 e.